The van der Waals surface area contributed by atoms with Gasteiger partial charge in [-0.2, -0.15) is 0 Å². The number of anilines is 1. The number of halogens is 1. The summed E-state index contributed by atoms with van der Waals surface area (Å²) in [4.78, 5) is 48.8. The van der Waals surface area contributed by atoms with Crippen molar-refractivity contribution in [3.8, 4) is 0 Å². The third-order valence-electron chi connectivity index (χ3n) is 4.48. The number of aryl methyl sites for hydroxylation is 1. The summed E-state index contributed by atoms with van der Waals surface area (Å²) in [5, 5.41) is 6.09. The molecule has 9 nitrogen and oxygen atoms in total. The molecular weight excluding hydrogens is 454 g/mol. The van der Waals surface area contributed by atoms with Crippen LogP contribution >= 0.6 is 15.9 Å². The lowest BCUT2D eigenvalue weighted by Crippen LogP contribution is -2.54. The number of esters is 1. The van der Waals surface area contributed by atoms with Crippen molar-refractivity contribution in [1.82, 2.24) is 20.2 Å². The molecule has 0 spiro atoms. The highest BCUT2D eigenvalue weighted by atomic mass is 79.9. The van der Waals surface area contributed by atoms with Crippen molar-refractivity contribution in [2.75, 3.05) is 38.0 Å². The minimum atomic E-state index is -0.928. The van der Waals surface area contributed by atoms with E-state index in [9.17, 15) is 14.4 Å². The summed E-state index contributed by atoms with van der Waals surface area (Å²) in [7, 11) is 0. The van der Waals surface area contributed by atoms with E-state index in [4.69, 9.17) is 4.74 Å². The molecule has 0 aromatic carbocycles. The molecule has 2 N–H and O–H groups in total. The second-order valence-electron chi connectivity index (χ2n) is 8.11. The number of nitrogens with zero attached hydrogens (tertiary/aromatic N) is 3. The lowest BCUT2D eigenvalue weighted by atomic mass is 10.00. The van der Waals surface area contributed by atoms with Crippen molar-refractivity contribution in [2.45, 2.75) is 52.7 Å². The van der Waals surface area contributed by atoms with E-state index in [2.05, 4.69) is 36.5 Å². The lowest BCUT2D eigenvalue weighted by molar-refractivity contribution is -0.152. The number of rotatable bonds is 8. The van der Waals surface area contributed by atoms with Crippen LogP contribution < -0.4 is 10.6 Å². The quantitative estimate of drug-likeness (QED) is 0.324. The number of ether oxygens (including phenoxy) is 1. The molecule has 1 aromatic heterocycles. The van der Waals surface area contributed by atoms with Gasteiger partial charge >= 0.3 is 5.97 Å². The monoisotopic (exact) mass is 483 g/mol. The molecule has 1 aromatic rings. The van der Waals surface area contributed by atoms with Gasteiger partial charge in [-0.15, -0.1) is 0 Å². The van der Waals surface area contributed by atoms with Crippen molar-refractivity contribution in [2.24, 2.45) is 0 Å². The van der Waals surface area contributed by atoms with Crippen LogP contribution in [0.5, 0.6) is 0 Å². The van der Waals surface area contributed by atoms with Gasteiger partial charge in [-0.25, -0.2) is 9.97 Å². The van der Waals surface area contributed by atoms with E-state index in [1.807, 2.05) is 4.90 Å². The summed E-state index contributed by atoms with van der Waals surface area (Å²) in [5.41, 5.74) is -0.0419. The molecule has 1 aliphatic rings. The molecular formula is C20H30BrN5O4. The largest absolute Gasteiger partial charge is 0.459 e. The maximum atomic E-state index is 13.4. The maximum absolute atomic E-state index is 13.4. The minimum absolute atomic E-state index is 0.0290. The molecule has 1 saturated heterocycles. The molecule has 0 radical (unpaired) electrons. The first-order valence-electron chi connectivity index (χ1n) is 10.0. The normalized spacial score (nSPS) is 16.1. The van der Waals surface area contributed by atoms with Gasteiger partial charge in [0.05, 0.1) is 5.69 Å². The molecule has 0 aliphatic carbocycles. The van der Waals surface area contributed by atoms with Gasteiger partial charge in [0.25, 0.3) is 0 Å². The molecule has 10 heteroatoms. The Labute approximate surface area is 185 Å². The Bertz CT molecular complexity index is 803. The van der Waals surface area contributed by atoms with Crippen molar-refractivity contribution < 1.29 is 19.1 Å². The van der Waals surface area contributed by atoms with E-state index in [0.29, 0.717) is 36.5 Å². The highest BCUT2D eigenvalue weighted by Crippen LogP contribution is 2.22. The third-order valence-corrected chi connectivity index (χ3v) is 5.24. The smallest absolute Gasteiger partial charge is 0.325 e. The number of nitrogens with one attached hydrogen (secondary N) is 2. The second kappa shape index (κ2) is 10.4. The molecule has 1 unspecified atom stereocenters. The minimum Gasteiger partial charge on any atom is -0.459 e. The van der Waals surface area contributed by atoms with E-state index < -0.39 is 23.4 Å². The fraction of sp³-hybridized carbons (Fsp3) is 0.650. The molecule has 1 fully saturated rings. The van der Waals surface area contributed by atoms with Gasteiger partial charge in [0.15, 0.2) is 17.3 Å². The standard InChI is InChI=1S/C20H30BrN5O4/c1-6-13(27)16(26-9-7-22-8-10-26)17(29)15-19(24-12(2)18(21)25-15)23-11-14(28)30-20(3,4)5/h16,22H,6-11H2,1-5H3,(H,23,24). The van der Waals surface area contributed by atoms with Crippen LogP contribution in [0.25, 0.3) is 0 Å². The number of hydrogen-bond acceptors (Lipinski definition) is 9. The van der Waals surface area contributed by atoms with Crippen LogP contribution in [0, 0.1) is 6.92 Å². The van der Waals surface area contributed by atoms with E-state index in [1.165, 1.54) is 0 Å². The molecule has 1 atom stereocenters. The number of carbonyl (C=O) groups is 3. The fourth-order valence-corrected chi connectivity index (χ4v) is 3.37. The molecule has 2 rings (SSSR count). The van der Waals surface area contributed by atoms with Crippen LogP contribution in [0.15, 0.2) is 4.60 Å². The van der Waals surface area contributed by atoms with Crippen molar-refractivity contribution in [3.63, 3.8) is 0 Å². The highest BCUT2D eigenvalue weighted by molar-refractivity contribution is 9.10. The third kappa shape index (κ3) is 6.55. The van der Waals surface area contributed by atoms with Crippen molar-refractivity contribution in [3.05, 3.63) is 16.0 Å². The molecule has 0 saturated carbocycles. The van der Waals surface area contributed by atoms with Crippen LogP contribution in [-0.4, -0.2) is 76.8 Å². The van der Waals surface area contributed by atoms with Gasteiger partial charge in [0.1, 0.15) is 22.8 Å². The van der Waals surface area contributed by atoms with Gasteiger partial charge in [0.2, 0.25) is 5.78 Å². The number of piperazine rings is 1. The Hall–Kier alpha value is -1.91. The maximum Gasteiger partial charge on any atom is 0.325 e. The molecule has 2 heterocycles. The predicted molar refractivity (Wildman–Crippen MR) is 117 cm³/mol. The number of carbonyl (C=O) groups excluding carboxylic acids is 3. The zero-order chi connectivity index (χ0) is 22.5. The van der Waals surface area contributed by atoms with Gasteiger partial charge in [-0.05, 0) is 43.6 Å². The van der Waals surface area contributed by atoms with E-state index in [-0.39, 0.29) is 30.3 Å². The Morgan fingerprint density at radius 1 is 1.23 bits per heavy atom. The van der Waals surface area contributed by atoms with E-state index in [0.717, 1.165) is 0 Å². The van der Waals surface area contributed by atoms with Crippen LogP contribution in [0.2, 0.25) is 0 Å². The Kier molecular flexibility index (Phi) is 8.45. The van der Waals surface area contributed by atoms with E-state index in [1.54, 1.807) is 34.6 Å². The van der Waals surface area contributed by atoms with Gasteiger partial charge in [0, 0.05) is 32.6 Å². The first-order chi connectivity index (χ1) is 14.0. The predicted octanol–water partition coefficient (Wildman–Crippen LogP) is 1.74. The molecule has 1 aliphatic heterocycles. The first-order valence-corrected chi connectivity index (χ1v) is 10.8. The molecule has 0 amide bonds. The number of ketones is 2. The number of aromatic nitrogens is 2. The van der Waals surface area contributed by atoms with Crippen LogP contribution in [0.1, 0.15) is 50.3 Å². The first kappa shape index (κ1) is 24.4. The van der Waals surface area contributed by atoms with Crippen LogP contribution in [0.4, 0.5) is 5.82 Å². The zero-order valence-electron chi connectivity index (χ0n) is 18.2. The average Bonchev–Trinajstić information content (AvgIpc) is 2.68. The number of Topliss-reactive ketones (excluding diaryl/α,β-unsaturated/α-hetero) is 2. The Balaban J connectivity index is 2.33. The zero-order valence-corrected chi connectivity index (χ0v) is 19.8. The summed E-state index contributed by atoms with van der Waals surface area (Å²) in [5.74, 6) is -0.913. The highest BCUT2D eigenvalue weighted by Gasteiger charge is 2.35. The van der Waals surface area contributed by atoms with Crippen LogP contribution in [0.3, 0.4) is 0 Å². The second-order valence-corrected chi connectivity index (χ2v) is 8.86. The SMILES string of the molecule is CCC(=O)C(C(=O)c1nc(Br)c(C)nc1NCC(=O)OC(C)(C)C)N1CCNCC1. The number of hydrogen-bond donors (Lipinski definition) is 2. The summed E-state index contributed by atoms with van der Waals surface area (Å²) < 4.78 is 5.71. The average molecular weight is 484 g/mol. The van der Waals surface area contributed by atoms with E-state index >= 15 is 0 Å². The molecule has 30 heavy (non-hydrogen) atoms. The summed E-state index contributed by atoms with van der Waals surface area (Å²) in [6, 6.07) is -0.928. The molecule has 0 bridgehead atoms. The lowest BCUT2D eigenvalue weighted by Gasteiger charge is -2.33. The molecule has 166 valence electrons. The van der Waals surface area contributed by atoms with Crippen LogP contribution in [-0.2, 0) is 14.3 Å². The Morgan fingerprint density at radius 3 is 2.43 bits per heavy atom. The summed E-state index contributed by atoms with van der Waals surface area (Å²) in [6.07, 6.45) is 0.238. The summed E-state index contributed by atoms with van der Waals surface area (Å²) in [6.45, 7) is 11.2. The van der Waals surface area contributed by atoms with Gasteiger partial charge < -0.3 is 15.4 Å². The summed E-state index contributed by atoms with van der Waals surface area (Å²) >= 11 is 3.31. The Morgan fingerprint density at radius 2 is 1.87 bits per heavy atom. The van der Waals surface area contributed by atoms with Crippen molar-refractivity contribution in [1.29, 1.82) is 0 Å². The van der Waals surface area contributed by atoms with Crippen molar-refractivity contribution >= 4 is 39.3 Å². The van der Waals surface area contributed by atoms with Gasteiger partial charge in [-0.3, -0.25) is 19.3 Å². The topological polar surface area (TPSA) is 114 Å². The fourth-order valence-electron chi connectivity index (χ4n) is 3.11. The van der Waals surface area contributed by atoms with Gasteiger partial charge in [-0.1, -0.05) is 6.92 Å².